The van der Waals surface area contributed by atoms with Gasteiger partial charge in [0.1, 0.15) is 6.04 Å². The van der Waals surface area contributed by atoms with Crippen molar-refractivity contribution in [3.63, 3.8) is 0 Å². The van der Waals surface area contributed by atoms with Gasteiger partial charge in [0.05, 0.1) is 0 Å². The molecule has 0 spiro atoms. The standard InChI is InChI=1S/C13H22N2O3/c16-12(17)11(8-9-4-2-1-3-5-9)15-13(18)14-10-6-7-10/h9-11H,1-8H2,(H,16,17)(H2,14,15,18)/t11-/m1/s1. The van der Waals surface area contributed by atoms with E-state index in [0.29, 0.717) is 12.3 Å². The van der Waals surface area contributed by atoms with Crippen molar-refractivity contribution in [3.8, 4) is 0 Å². The van der Waals surface area contributed by atoms with Gasteiger partial charge >= 0.3 is 12.0 Å². The lowest BCUT2D eigenvalue weighted by atomic mass is 9.85. The minimum Gasteiger partial charge on any atom is -0.480 e. The zero-order valence-electron chi connectivity index (χ0n) is 10.7. The van der Waals surface area contributed by atoms with Crippen molar-refractivity contribution < 1.29 is 14.7 Å². The molecule has 2 amide bonds. The summed E-state index contributed by atoms with van der Waals surface area (Å²) < 4.78 is 0. The first-order valence-corrected chi connectivity index (χ1v) is 6.95. The van der Waals surface area contributed by atoms with Crippen LogP contribution in [-0.4, -0.2) is 29.2 Å². The van der Waals surface area contributed by atoms with Crippen LogP contribution in [0.4, 0.5) is 4.79 Å². The topological polar surface area (TPSA) is 78.4 Å². The van der Waals surface area contributed by atoms with Gasteiger partial charge in [0.25, 0.3) is 0 Å². The van der Waals surface area contributed by atoms with Crippen LogP contribution in [0.1, 0.15) is 51.4 Å². The number of amides is 2. The Morgan fingerprint density at radius 2 is 1.78 bits per heavy atom. The van der Waals surface area contributed by atoms with Crippen LogP contribution in [0.15, 0.2) is 0 Å². The maximum atomic E-state index is 11.6. The van der Waals surface area contributed by atoms with Crippen LogP contribution in [0.5, 0.6) is 0 Å². The van der Waals surface area contributed by atoms with Crippen LogP contribution >= 0.6 is 0 Å². The number of nitrogens with one attached hydrogen (secondary N) is 2. The van der Waals surface area contributed by atoms with E-state index in [9.17, 15) is 9.59 Å². The highest BCUT2D eigenvalue weighted by atomic mass is 16.4. The largest absolute Gasteiger partial charge is 0.480 e. The SMILES string of the molecule is O=C(NC1CC1)N[C@H](CC1CCCCC1)C(=O)O. The quantitative estimate of drug-likeness (QED) is 0.701. The lowest BCUT2D eigenvalue weighted by molar-refractivity contribution is -0.139. The van der Waals surface area contributed by atoms with Gasteiger partial charge < -0.3 is 15.7 Å². The summed E-state index contributed by atoms with van der Waals surface area (Å²) in [5.41, 5.74) is 0. The Morgan fingerprint density at radius 3 is 2.33 bits per heavy atom. The summed E-state index contributed by atoms with van der Waals surface area (Å²) in [5, 5.41) is 14.5. The second-order valence-electron chi connectivity index (χ2n) is 5.52. The summed E-state index contributed by atoms with van der Waals surface area (Å²) in [6.07, 6.45) is 8.39. The Labute approximate surface area is 107 Å². The normalized spacial score (nSPS) is 22.2. The summed E-state index contributed by atoms with van der Waals surface area (Å²) in [6.45, 7) is 0. The lowest BCUT2D eigenvalue weighted by Gasteiger charge is -2.25. The van der Waals surface area contributed by atoms with Crippen molar-refractivity contribution in [1.82, 2.24) is 10.6 Å². The van der Waals surface area contributed by atoms with Crippen molar-refractivity contribution in [2.45, 2.75) is 63.5 Å². The first kappa shape index (κ1) is 13.2. The molecule has 18 heavy (non-hydrogen) atoms. The third-order valence-electron chi connectivity index (χ3n) is 3.81. The smallest absolute Gasteiger partial charge is 0.326 e. The van der Waals surface area contributed by atoms with Gasteiger partial charge in [-0.15, -0.1) is 0 Å². The highest BCUT2D eigenvalue weighted by Crippen LogP contribution is 2.27. The molecule has 2 rings (SSSR count). The molecule has 0 saturated heterocycles. The molecule has 5 nitrogen and oxygen atoms in total. The van der Waals surface area contributed by atoms with E-state index < -0.39 is 12.0 Å². The van der Waals surface area contributed by atoms with Gasteiger partial charge in [-0.25, -0.2) is 9.59 Å². The molecule has 0 aliphatic heterocycles. The Balaban J connectivity index is 1.78. The van der Waals surface area contributed by atoms with Gasteiger partial charge in [-0.3, -0.25) is 0 Å². The Bertz CT molecular complexity index is 309. The second-order valence-corrected chi connectivity index (χ2v) is 5.52. The molecule has 1 atom stereocenters. The predicted molar refractivity (Wildman–Crippen MR) is 67.3 cm³/mol. The molecule has 0 aromatic heterocycles. The first-order valence-electron chi connectivity index (χ1n) is 6.95. The van der Waals surface area contributed by atoms with E-state index in [0.717, 1.165) is 25.7 Å². The van der Waals surface area contributed by atoms with Crippen LogP contribution in [0.2, 0.25) is 0 Å². The van der Waals surface area contributed by atoms with Crippen molar-refractivity contribution in [2.75, 3.05) is 0 Å². The summed E-state index contributed by atoms with van der Waals surface area (Å²) in [6, 6.07) is -0.818. The third-order valence-corrected chi connectivity index (χ3v) is 3.81. The fourth-order valence-electron chi connectivity index (χ4n) is 2.59. The number of aliphatic carboxylic acids is 1. The van der Waals surface area contributed by atoms with E-state index in [1.807, 2.05) is 0 Å². The average molecular weight is 254 g/mol. The van der Waals surface area contributed by atoms with Gasteiger partial charge in [-0.1, -0.05) is 32.1 Å². The Hall–Kier alpha value is -1.26. The molecule has 2 saturated carbocycles. The van der Waals surface area contributed by atoms with Crippen LogP contribution in [0.25, 0.3) is 0 Å². The van der Waals surface area contributed by atoms with Crippen LogP contribution in [0.3, 0.4) is 0 Å². The molecule has 5 heteroatoms. The van der Waals surface area contributed by atoms with E-state index in [1.54, 1.807) is 0 Å². The molecule has 3 N–H and O–H groups in total. The summed E-state index contributed by atoms with van der Waals surface area (Å²) in [7, 11) is 0. The fourth-order valence-corrected chi connectivity index (χ4v) is 2.59. The number of hydrogen-bond donors (Lipinski definition) is 3. The summed E-state index contributed by atoms with van der Waals surface area (Å²) in [4.78, 5) is 22.7. The van der Waals surface area contributed by atoms with Crippen LogP contribution < -0.4 is 10.6 Å². The highest BCUT2D eigenvalue weighted by Gasteiger charge is 2.28. The van der Waals surface area contributed by atoms with Gasteiger partial charge in [-0.05, 0) is 25.2 Å². The summed E-state index contributed by atoms with van der Waals surface area (Å²) >= 11 is 0. The number of carbonyl (C=O) groups is 2. The molecule has 102 valence electrons. The molecule has 0 radical (unpaired) electrons. The molecule has 0 bridgehead atoms. The molecule has 2 fully saturated rings. The zero-order valence-corrected chi connectivity index (χ0v) is 10.7. The van der Waals surface area contributed by atoms with Gasteiger partial charge in [0.2, 0.25) is 0 Å². The van der Waals surface area contributed by atoms with E-state index in [1.165, 1.54) is 19.3 Å². The third kappa shape index (κ3) is 4.20. The van der Waals surface area contributed by atoms with Crippen molar-refractivity contribution in [2.24, 2.45) is 5.92 Å². The number of carboxylic acids is 1. The first-order chi connectivity index (χ1) is 8.65. The van der Waals surface area contributed by atoms with Crippen molar-refractivity contribution in [1.29, 1.82) is 0 Å². The maximum absolute atomic E-state index is 11.6. The van der Waals surface area contributed by atoms with Crippen LogP contribution in [0, 0.1) is 5.92 Å². The van der Waals surface area contributed by atoms with Gasteiger partial charge in [0, 0.05) is 6.04 Å². The second kappa shape index (κ2) is 6.07. The van der Waals surface area contributed by atoms with Crippen molar-refractivity contribution in [3.05, 3.63) is 0 Å². The molecule has 2 aliphatic carbocycles. The molecule has 2 aliphatic rings. The number of carbonyl (C=O) groups excluding carboxylic acids is 1. The Kier molecular flexibility index (Phi) is 4.44. The summed E-state index contributed by atoms with van der Waals surface area (Å²) in [5.74, 6) is -0.479. The van der Waals surface area contributed by atoms with Gasteiger partial charge in [0.15, 0.2) is 0 Å². The number of rotatable bonds is 5. The lowest BCUT2D eigenvalue weighted by Crippen LogP contribution is -2.47. The predicted octanol–water partition coefficient (Wildman–Crippen LogP) is 1.87. The number of urea groups is 1. The molecule has 0 heterocycles. The van der Waals surface area contributed by atoms with E-state index in [2.05, 4.69) is 10.6 Å². The average Bonchev–Trinajstić information content (AvgIpc) is 3.13. The number of hydrogen-bond acceptors (Lipinski definition) is 2. The molecule has 0 unspecified atom stereocenters. The molecular weight excluding hydrogens is 232 g/mol. The highest BCUT2D eigenvalue weighted by molar-refractivity contribution is 5.82. The van der Waals surface area contributed by atoms with E-state index >= 15 is 0 Å². The van der Waals surface area contributed by atoms with E-state index in [4.69, 9.17) is 5.11 Å². The molecule has 0 aromatic carbocycles. The molecular formula is C13H22N2O3. The van der Waals surface area contributed by atoms with Crippen LogP contribution in [-0.2, 0) is 4.79 Å². The fraction of sp³-hybridized carbons (Fsp3) is 0.846. The Morgan fingerprint density at radius 1 is 1.11 bits per heavy atom. The maximum Gasteiger partial charge on any atom is 0.326 e. The number of carboxylic acid groups (broad SMARTS) is 1. The van der Waals surface area contributed by atoms with E-state index in [-0.39, 0.29) is 12.1 Å². The zero-order chi connectivity index (χ0) is 13.0. The monoisotopic (exact) mass is 254 g/mol. The van der Waals surface area contributed by atoms with Crippen molar-refractivity contribution >= 4 is 12.0 Å². The minimum atomic E-state index is -0.925. The minimum absolute atomic E-state index is 0.258. The molecule has 0 aromatic rings. The van der Waals surface area contributed by atoms with Gasteiger partial charge in [-0.2, -0.15) is 0 Å².